The monoisotopic (exact) mass is 357 g/mol. The molecule has 0 aliphatic carbocycles. The van der Waals surface area contributed by atoms with Gasteiger partial charge in [0.1, 0.15) is 0 Å². The Kier molecular flexibility index (Phi) is 5.26. The van der Waals surface area contributed by atoms with Crippen LogP contribution in [-0.4, -0.2) is 17.4 Å². The third-order valence-electron chi connectivity index (χ3n) is 4.05. The highest BCUT2D eigenvalue weighted by molar-refractivity contribution is 8.19. The second-order valence-corrected chi connectivity index (χ2v) is 9.67. The van der Waals surface area contributed by atoms with Gasteiger partial charge in [0.25, 0.3) is 5.91 Å². The Morgan fingerprint density at radius 1 is 1.00 bits per heavy atom. The van der Waals surface area contributed by atoms with Crippen LogP contribution >= 0.6 is 23.5 Å². The Bertz CT molecular complexity index is 713. The van der Waals surface area contributed by atoms with E-state index in [-0.39, 0.29) is 11.3 Å². The molecule has 2 aromatic rings. The number of nitrogens with one attached hydrogen (secondary N) is 1. The van der Waals surface area contributed by atoms with E-state index in [1.807, 2.05) is 53.9 Å². The molecule has 2 nitrogen and oxygen atoms in total. The summed E-state index contributed by atoms with van der Waals surface area (Å²) in [5.74, 6) is 2.37. The maximum absolute atomic E-state index is 12.6. The number of rotatable bonds is 3. The van der Waals surface area contributed by atoms with Crippen molar-refractivity contribution in [2.75, 3.05) is 16.8 Å². The number of para-hydroxylation sites is 1. The molecule has 1 aliphatic heterocycles. The lowest BCUT2D eigenvalue weighted by atomic mass is 9.86. The van der Waals surface area contributed by atoms with E-state index >= 15 is 0 Å². The molecule has 4 heteroatoms. The van der Waals surface area contributed by atoms with Crippen molar-refractivity contribution < 1.29 is 4.79 Å². The summed E-state index contributed by atoms with van der Waals surface area (Å²) in [5, 5.41) is 3.07. The minimum atomic E-state index is -0.0509. The summed E-state index contributed by atoms with van der Waals surface area (Å²) < 4.78 is 0.517. The van der Waals surface area contributed by atoms with E-state index in [9.17, 15) is 4.79 Å². The van der Waals surface area contributed by atoms with Gasteiger partial charge in [0.2, 0.25) is 0 Å². The minimum absolute atomic E-state index is 0.00928. The SMILES string of the molecule is CC(C)(C)c1ccccc1NC(=O)c1ccc(C2SCCS2)cc1. The van der Waals surface area contributed by atoms with Gasteiger partial charge in [-0.1, -0.05) is 51.1 Å². The van der Waals surface area contributed by atoms with Crippen molar-refractivity contribution in [3.8, 4) is 0 Å². The zero-order chi connectivity index (χ0) is 17.2. The van der Waals surface area contributed by atoms with E-state index in [0.29, 0.717) is 10.1 Å². The van der Waals surface area contributed by atoms with E-state index in [1.54, 1.807) is 0 Å². The normalized spacial score (nSPS) is 15.5. The molecular formula is C20H23NOS2. The summed E-state index contributed by atoms with van der Waals surface area (Å²) in [4.78, 5) is 12.6. The quantitative estimate of drug-likeness (QED) is 0.762. The van der Waals surface area contributed by atoms with Crippen LogP contribution in [0.5, 0.6) is 0 Å². The fraction of sp³-hybridized carbons (Fsp3) is 0.350. The average molecular weight is 358 g/mol. The predicted octanol–water partition coefficient (Wildman–Crippen LogP) is 5.72. The highest BCUT2D eigenvalue weighted by Gasteiger charge is 2.20. The first-order valence-corrected chi connectivity index (χ1v) is 10.3. The summed E-state index contributed by atoms with van der Waals surface area (Å²) in [6, 6.07) is 16.1. The van der Waals surface area contributed by atoms with E-state index in [4.69, 9.17) is 0 Å². The zero-order valence-corrected chi connectivity index (χ0v) is 16.0. The Morgan fingerprint density at radius 3 is 2.25 bits per heavy atom. The van der Waals surface area contributed by atoms with Gasteiger partial charge in [-0.2, -0.15) is 0 Å². The van der Waals surface area contributed by atoms with Gasteiger partial charge in [0.15, 0.2) is 0 Å². The van der Waals surface area contributed by atoms with Gasteiger partial charge in [0, 0.05) is 22.8 Å². The number of carbonyl (C=O) groups excluding carboxylic acids is 1. The number of hydrogen-bond donors (Lipinski definition) is 1. The first kappa shape index (κ1) is 17.4. The lowest BCUT2D eigenvalue weighted by Gasteiger charge is -2.23. The molecule has 0 radical (unpaired) electrons. The van der Waals surface area contributed by atoms with Crippen molar-refractivity contribution in [1.82, 2.24) is 0 Å². The predicted molar refractivity (Wildman–Crippen MR) is 107 cm³/mol. The number of hydrogen-bond acceptors (Lipinski definition) is 3. The lowest BCUT2D eigenvalue weighted by molar-refractivity contribution is 0.102. The van der Waals surface area contributed by atoms with Crippen LogP contribution in [0.15, 0.2) is 48.5 Å². The molecular weight excluding hydrogens is 334 g/mol. The average Bonchev–Trinajstić information content (AvgIpc) is 3.09. The maximum atomic E-state index is 12.6. The molecule has 24 heavy (non-hydrogen) atoms. The molecule has 126 valence electrons. The molecule has 0 spiro atoms. The van der Waals surface area contributed by atoms with Gasteiger partial charge in [-0.05, 0) is 34.7 Å². The van der Waals surface area contributed by atoms with E-state index in [1.165, 1.54) is 17.1 Å². The molecule has 1 saturated heterocycles. The van der Waals surface area contributed by atoms with Crippen LogP contribution in [0.2, 0.25) is 0 Å². The van der Waals surface area contributed by atoms with Crippen molar-refractivity contribution in [3.63, 3.8) is 0 Å². The summed E-state index contributed by atoms with van der Waals surface area (Å²) in [6.45, 7) is 6.47. The van der Waals surface area contributed by atoms with Gasteiger partial charge >= 0.3 is 0 Å². The van der Waals surface area contributed by atoms with E-state index in [2.05, 4.69) is 44.3 Å². The van der Waals surface area contributed by atoms with Crippen molar-refractivity contribution in [3.05, 3.63) is 65.2 Å². The van der Waals surface area contributed by atoms with Crippen LogP contribution in [0.3, 0.4) is 0 Å². The molecule has 0 aromatic heterocycles. The zero-order valence-electron chi connectivity index (χ0n) is 14.3. The Balaban J connectivity index is 1.76. The van der Waals surface area contributed by atoms with Crippen molar-refractivity contribution in [1.29, 1.82) is 0 Å². The molecule has 1 fully saturated rings. The van der Waals surface area contributed by atoms with Gasteiger partial charge in [0.05, 0.1) is 4.58 Å². The number of anilines is 1. The number of thioether (sulfide) groups is 2. The van der Waals surface area contributed by atoms with Gasteiger partial charge in [-0.3, -0.25) is 4.79 Å². The Hall–Kier alpha value is -1.39. The summed E-state index contributed by atoms with van der Waals surface area (Å²) in [7, 11) is 0. The summed E-state index contributed by atoms with van der Waals surface area (Å²) in [6.07, 6.45) is 0. The van der Waals surface area contributed by atoms with Crippen molar-refractivity contribution in [2.45, 2.75) is 30.8 Å². The van der Waals surface area contributed by atoms with Crippen LogP contribution in [0, 0.1) is 0 Å². The van der Waals surface area contributed by atoms with Crippen LogP contribution in [0.4, 0.5) is 5.69 Å². The third kappa shape index (κ3) is 3.98. The molecule has 1 N–H and O–H groups in total. The summed E-state index contributed by atoms with van der Waals surface area (Å²) >= 11 is 3.96. The highest BCUT2D eigenvalue weighted by atomic mass is 32.2. The molecule has 2 aromatic carbocycles. The first-order valence-electron chi connectivity index (χ1n) is 8.19. The second-order valence-electron chi connectivity index (χ2n) is 6.95. The molecule has 0 saturated carbocycles. The second kappa shape index (κ2) is 7.24. The standard InChI is InChI=1S/C20H23NOS2/c1-20(2,3)16-6-4-5-7-17(16)21-18(22)14-8-10-15(11-9-14)19-23-12-13-24-19/h4-11,19H,12-13H2,1-3H3,(H,21,22). The Morgan fingerprint density at radius 2 is 1.62 bits per heavy atom. The highest BCUT2D eigenvalue weighted by Crippen LogP contribution is 2.45. The van der Waals surface area contributed by atoms with E-state index in [0.717, 1.165) is 11.3 Å². The lowest BCUT2D eigenvalue weighted by Crippen LogP contribution is -2.18. The van der Waals surface area contributed by atoms with Gasteiger partial charge in [-0.25, -0.2) is 0 Å². The number of benzene rings is 2. The van der Waals surface area contributed by atoms with Crippen LogP contribution in [0.1, 0.15) is 46.8 Å². The molecule has 1 heterocycles. The topological polar surface area (TPSA) is 29.1 Å². The number of carbonyl (C=O) groups is 1. The fourth-order valence-electron chi connectivity index (χ4n) is 2.78. The van der Waals surface area contributed by atoms with Crippen molar-refractivity contribution >= 4 is 35.1 Å². The fourth-order valence-corrected chi connectivity index (χ4v) is 5.64. The first-order chi connectivity index (χ1) is 11.4. The molecule has 0 bridgehead atoms. The molecule has 1 amide bonds. The minimum Gasteiger partial charge on any atom is -0.322 e. The van der Waals surface area contributed by atoms with E-state index < -0.39 is 0 Å². The smallest absolute Gasteiger partial charge is 0.255 e. The maximum Gasteiger partial charge on any atom is 0.255 e. The molecule has 3 rings (SSSR count). The van der Waals surface area contributed by atoms with Gasteiger partial charge < -0.3 is 5.32 Å². The van der Waals surface area contributed by atoms with Crippen molar-refractivity contribution in [2.24, 2.45) is 0 Å². The third-order valence-corrected chi connectivity index (χ3v) is 7.15. The van der Waals surface area contributed by atoms with Gasteiger partial charge in [-0.15, -0.1) is 23.5 Å². The molecule has 0 atom stereocenters. The number of amides is 1. The van der Waals surface area contributed by atoms with Crippen LogP contribution in [-0.2, 0) is 5.41 Å². The molecule has 1 aliphatic rings. The largest absolute Gasteiger partial charge is 0.322 e. The van der Waals surface area contributed by atoms with Crippen LogP contribution in [0.25, 0.3) is 0 Å². The Labute approximate surface area is 152 Å². The molecule has 0 unspecified atom stereocenters. The summed E-state index contributed by atoms with van der Waals surface area (Å²) in [5.41, 5.74) is 4.03. The van der Waals surface area contributed by atoms with Crippen LogP contribution < -0.4 is 5.32 Å².